The fraction of sp³-hybridized carbons (Fsp3) is 0.143. The average molecular weight is 338 g/mol. The second kappa shape index (κ2) is 6.80. The topological polar surface area (TPSA) is 90.2 Å². The van der Waals surface area contributed by atoms with Crippen LogP contribution in [0.5, 0.6) is 0 Å². The first-order valence-electron chi connectivity index (χ1n) is 6.27. The van der Waals surface area contributed by atoms with E-state index in [1.165, 1.54) is 18.3 Å². The predicted octanol–water partition coefficient (Wildman–Crippen LogP) is 1.67. The lowest BCUT2D eigenvalue weighted by atomic mass is 10.1. The highest BCUT2D eigenvalue weighted by molar-refractivity contribution is 7.99. The molecule has 0 aliphatic heterocycles. The lowest BCUT2D eigenvalue weighted by Crippen LogP contribution is -2.28. The average Bonchev–Trinajstić information content (AvgIpc) is 2.45. The van der Waals surface area contributed by atoms with E-state index in [9.17, 15) is 18.4 Å². The number of benzene rings is 1. The van der Waals surface area contributed by atoms with Gasteiger partial charge in [0.2, 0.25) is 10.0 Å². The number of hydrogen-bond acceptors (Lipinski definition) is 5. The molecule has 0 aliphatic carbocycles. The van der Waals surface area contributed by atoms with Crippen LogP contribution in [-0.2, 0) is 10.0 Å². The van der Waals surface area contributed by atoms with E-state index < -0.39 is 10.0 Å². The van der Waals surface area contributed by atoms with Gasteiger partial charge in [-0.05, 0) is 42.1 Å². The predicted molar refractivity (Wildman–Crippen MR) is 85.4 cm³/mol. The Hall–Kier alpha value is -2.06. The van der Waals surface area contributed by atoms with E-state index in [1.807, 2.05) is 0 Å². The maximum atomic E-state index is 12.1. The molecule has 2 rings (SSSR count). The Morgan fingerprint density at radius 2 is 1.91 bits per heavy atom. The Bertz CT molecular complexity index is 774. The third-order valence-electron chi connectivity index (χ3n) is 2.65. The Labute approximate surface area is 132 Å². The summed E-state index contributed by atoms with van der Waals surface area (Å²) in [4.78, 5) is 12.1. The van der Waals surface area contributed by atoms with Gasteiger partial charge in [-0.3, -0.25) is 9.52 Å². The number of anilines is 1. The molecule has 0 radical (unpaired) electrons. The molecular formula is C14H14N2O4S2. The van der Waals surface area contributed by atoms with Crippen LogP contribution in [0.1, 0.15) is 10.4 Å². The number of aromatic nitrogens is 1. The highest BCUT2D eigenvalue weighted by Gasteiger charge is 2.11. The van der Waals surface area contributed by atoms with Gasteiger partial charge >= 0.3 is 0 Å². The molecule has 0 fully saturated rings. The number of Topliss-reactive ketones (excluding diaryl/α,β-unsaturated/α-hetero) is 1. The number of nitrogens with zero attached hydrogens (tertiary/aromatic N) is 1. The SMILES string of the molecule is CS(=O)(=O)Nc1ccc(C(=O)CSc2cccc[n+]2[O-])cc1. The summed E-state index contributed by atoms with van der Waals surface area (Å²) in [7, 11) is -3.34. The monoisotopic (exact) mass is 338 g/mol. The zero-order valence-electron chi connectivity index (χ0n) is 11.7. The van der Waals surface area contributed by atoms with Crippen molar-refractivity contribution < 1.29 is 17.9 Å². The highest BCUT2D eigenvalue weighted by Crippen LogP contribution is 2.17. The molecule has 0 atom stereocenters. The molecule has 0 saturated heterocycles. The van der Waals surface area contributed by atoms with Gasteiger partial charge in [-0.2, -0.15) is 4.73 Å². The van der Waals surface area contributed by atoms with Gasteiger partial charge in [-0.15, -0.1) is 0 Å². The fourth-order valence-electron chi connectivity index (χ4n) is 1.69. The van der Waals surface area contributed by atoms with Crippen LogP contribution in [0.15, 0.2) is 53.7 Å². The number of carbonyl (C=O) groups excluding carboxylic acids is 1. The molecule has 0 bridgehead atoms. The van der Waals surface area contributed by atoms with E-state index in [1.54, 1.807) is 30.3 Å². The van der Waals surface area contributed by atoms with Crippen molar-refractivity contribution >= 4 is 33.3 Å². The van der Waals surface area contributed by atoms with Crippen LogP contribution >= 0.6 is 11.8 Å². The molecule has 1 N–H and O–H groups in total. The molecule has 2 aromatic rings. The lowest BCUT2D eigenvalue weighted by Gasteiger charge is -2.05. The van der Waals surface area contributed by atoms with Crippen molar-refractivity contribution in [2.75, 3.05) is 16.7 Å². The van der Waals surface area contributed by atoms with Gasteiger partial charge in [0.25, 0.3) is 5.03 Å². The third kappa shape index (κ3) is 4.74. The van der Waals surface area contributed by atoms with Crippen molar-refractivity contribution in [3.05, 3.63) is 59.4 Å². The summed E-state index contributed by atoms with van der Waals surface area (Å²) in [5.74, 6) is -0.00905. The van der Waals surface area contributed by atoms with Crippen LogP contribution in [0.2, 0.25) is 0 Å². The quantitative estimate of drug-likeness (QED) is 0.374. The second-order valence-electron chi connectivity index (χ2n) is 4.53. The van der Waals surface area contributed by atoms with Crippen molar-refractivity contribution in [2.24, 2.45) is 0 Å². The molecule has 0 amide bonds. The van der Waals surface area contributed by atoms with Crippen molar-refractivity contribution in [1.82, 2.24) is 0 Å². The fourth-order valence-corrected chi connectivity index (χ4v) is 3.06. The van der Waals surface area contributed by atoms with Crippen LogP contribution in [0.4, 0.5) is 5.69 Å². The molecule has 1 aromatic heterocycles. The van der Waals surface area contributed by atoms with Gasteiger partial charge in [-0.25, -0.2) is 8.42 Å². The molecule has 0 unspecified atom stereocenters. The number of pyridine rings is 1. The normalized spacial score (nSPS) is 11.1. The highest BCUT2D eigenvalue weighted by atomic mass is 32.2. The number of ketones is 1. The van der Waals surface area contributed by atoms with Gasteiger partial charge in [0.05, 0.1) is 12.0 Å². The Morgan fingerprint density at radius 1 is 1.23 bits per heavy atom. The van der Waals surface area contributed by atoms with Crippen molar-refractivity contribution in [1.29, 1.82) is 0 Å². The van der Waals surface area contributed by atoms with Crippen LogP contribution < -0.4 is 9.45 Å². The maximum absolute atomic E-state index is 12.1. The molecule has 0 spiro atoms. The van der Waals surface area contributed by atoms with E-state index in [-0.39, 0.29) is 11.5 Å². The van der Waals surface area contributed by atoms with Crippen molar-refractivity contribution in [2.45, 2.75) is 5.03 Å². The van der Waals surface area contributed by atoms with Gasteiger partial charge in [0.15, 0.2) is 12.0 Å². The molecule has 1 heterocycles. The zero-order valence-corrected chi connectivity index (χ0v) is 13.4. The number of sulfonamides is 1. The molecular weight excluding hydrogens is 324 g/mol. The van der Waals surface area contributed by atoms with Crippen LogP contribution in [0.3, 0.4) is 0 Å². The van der Waals surface area contributed by atoms with Crippen LogP contribution in [0, 0.1) is 5.21 Å². The minimum Gasteiger partial charge on any atom is -0.618 e. The van der Waals surface area contributed by atoms with Crippen LogP contribution in [-0.4, -0.2) is 26.2 Å². The summed E-state index contributed by atoms with van der Waals surface area (Å²) >= 11 is 1.15. The Morgan fingerprint density at radius 3 is 2.50 bits per heavy atom. The smallest absolute Gasteiger partial charge is 0.251 e. The molecule has 22 heavy (non-hydrogen) atoms. The van der Waals surface area contributed by atoms with E-state index in [2.05, 4.69) is 4.72 Å². The molecule has 6 nitrogen and oxygen atoms in total. The Kier molecular flexibility index (Phi) is 5.04. The van der Waals surface area contributed by atoms with Gasteiger partial charge in [0.1, 0.15) is 0 Å². The molecule has 116 valence electrons. The van der Waals surface area contributed by atoms with Crippen molar-refractivity contribution in [3.8, 4) is 0 Å². The summed E-state index contributed by atoms with van der Waals surface area (Å²) in [6, 6.07) is 11.1. The molecule has 8 heteroatoms. The summed E-state index contributed by atoms with van der Waals surface area (Å²) in [5.41, 5.74) is 0.854. The first-order valence-corrected chi connectivity index (χ1v) is 9.15. The summed E-state index contributed by atoms with van der Waals surface area (Å²) in [6.07, 6.45) is 2.43. The summed E-state index contributed by atoms with van der Waals surface area (Å²) in [5, 5.41) is 11.9. The standard InChI is InChI=1S/C14H14N2O4S2/c1-22(19,20)15-12-7-5-11(6-8-12)13(17)10-21-14-4-2-3-9-16(14)18/h2-9,15H,10H2,1H3. The number of hydrogen-bond donors (Lipinski definition) is 1. The van der Waals surface area contributed by atoms with Gasteiger partial charge in [-0.1, -0.05) is 0 Å². The minimum absolute atomic E-state index is 0.130. The molecule has 0 aliphatic rings. The largest absolute Gasteiger partial charge is 0.618 e. The number of rotatable bonds is 6. The number of nitrogens with one attached hydrogen (secondary N) is 1. The number of thioether (sulfide) groups is 1. The van der Waals surface area contributed by atoms with Crippen LogP contribution in [0.25, 0.3) is 0 Å². The van der Waals surface area contributed by atoms with E-state index in [4.69, 9.17) is 0 Å². The molecule has 0 saturated carbocycles. The van der Waals surface area contributed by atoms with Gasteiger partial charge < -0.3 is 5.21 Å². The Balaban J connectivity index is 2.00. The zero-order chi connectivity index (χ0) is 16.2. The first kappa shape index (κ1) is 16.3. The third-order valence-corrected chi connectivity index (χ3v) is 4.27. The first-order chi connectivity index (χ1) is 10.3. The summed E-state index contributed by atoms with van der Waals surface area (Å²) in [6.45, 7) is 0. The van der Waals surface area contributed by atoms with E-state index in [0.717, 1.165) is 18.0 Å². The number of carbonyl (C=O) groups is 1. The van der Waals surface area contributed by atoms with Gasteiger partial charge in [0, 0.05) is 23.4 Å². The minimum atomic E-state index is -3.34. The second-order valence-corrected chi connectivity index (χ2v) is 7.27. The lowest BCUT2D eigenvalue weighted by molar-refractivity contribution is -0.645. The summed E-state index contributed by atoms with van der Waals surface area (Å²) < 4.78 is 25.2. The van der Waals surface area contributed by atoms with E-state index in [0.29, 0.717) is 21.0 Å². The molecule has 1 aromatic carbocycles. The van der Waals surface area contributed by atoms with E-state index >= 15 is 0 Å². The van der Waals surface area contributed by atoms with Crippen molar-refractivity contribution in [3.63, 3.8) is 0 Å². The maximum Gasteiger partial charge on any atom is 0.251 e.